The van der Waals surface area contributed by atoms with Gasteiger partial charge in [0.2, 0.25) is 0 Å². The molecule has 213 valence electrons. The van der Waals surface area contributed by atoms with E-state index in [0.717, 1.165) is 24.5 Å². The normalized spacial score (nSPS) is 8.68. The third-order valence-electron chi connectivity index (χ3n) is 3.44. The average Bonchev–Trinajstić information content (AvgIpc) is 2.89. The Morgan fingerprint density at radius 1 is 0.925 bits per heavy atom. The van der Waals surface area contributed by atoms with Crippen LogP contribution in [0.15, 0.2) is 44.1 Å². The molecule has 1 radical (unpaired) electrons. The molecule has 0 aromatic carbocycles. The number of rotatable bonds is 2. The summed E-state index contributed by atoms with van der Waals surface area (Å²) in [5, 5.41) is 7.32. The number of anilines is 3. The zero-order valence-electron chi connectivity index (χ0n) is 20.9. The number of hydrogen-bond donors (Lipinski definition) is 4. The number of nitrogens with two attached hydrogens (primary N) is 3. The van der Waals surface area contributed by atoms with Gasteiger partial charge < -0.3 is 26.7 Å². The van der Waals surface area contributed by atoms with Gasteiger partial charge in [0.1, 0.15) is 20.8 Å². The molecule has 40 heavy (non-hydrogen) atoms. The predicted molar refractivity (Wildman–Crippen MR) is 152 cm³/mol. The van der Waals surface area contributed by atoms with Crippen LogP contribution in [0.1, 0.15) is 27.9 Å². The molecular weight excluding hydrogens is 688 g/mol. The molecule has 0 unspecified atom stereocenters. The zero-order chi connectivity index (χ0) is 31.4. The topological polar surface area (TPSA) is 205 Å². The van der Waals surface area contributed by atoms with Crippen LogP contribution in [0.25, 0.3) is 0 Å². The van der Waals surface area contributed by atoms with Gasteiger partial charge in [-0.25, -0.2) is 37.7 Å². The molecule has 3 heterocycles. The molecule has 0 bridgehead atoms. The Hall–Kier alpha value is -3.76. The molecule has 0 aliphatic heterocycles. The quantitative estimate of drug-likeness (QED) is 0.128. The van der Waals surface area contributed by atoms with Crippen LogP contribution in [-0.4, -0.2) is 48.7 Å². The molecule has 3 rings (SSSR count). The number of thiol groups is 1. The van der Waals surface area contributed by atoms with Gasteiger partial charge in [-0.15, -0.1) is 0 Å². The van der Waals surface area contributed by atoms with Crippen molar-refractivity contribution in [2.75, 3.05) is 31.4 Å². The molecule has 6 N–H and O–H groups in total. The van der Waals surface area contributed by atoms with Crippen molar-refractivity contribution >= 4 is 81.3 Å². The third-order valence-corrected chi connectivity index (χ3v) is 4.66. The minimum atomic E-state index is -0.696. The number of carbonyl (C=O) groups is 2. The van der Waals surface area contributed by atoms with Crippen molar-refractivity contribution in [3.8, 4) is 6.07 Å². The average molecular weight is 709 g/mol. The molecule has 0 amide bonds. The number of hydrogen-bond acceptors (Lipinski definition) is 13. The number of esters is 2. The third kappa shape index (κ3) is 15.0. The van der Waals surface area contributed by atoms with Crippen molar-refractivity contribution in [3.05, 3.63) is 68.6 Å². The molecular formula is C21H21BBr2F3N8O4S. The second-order valence-electron chi connectivity index (χ2n) is 6.15. The number of nitrogen functional groups attached to an aromatic ring is 3. The van der Waals surface area contributed by atoms with Crippen molar-refractivity contribution in [3.63, 3.8) is 0 Å². The van der Waals surface area contributed by atoms with Gasteiger partial charge in [0, 0.05) is 25.1 Å². The van der Waals surface area contributed by atoms with Crippen LogP contribution in [0.5, 0.6) is 0 Å². The molecule has 0 aliphatic rings. The number of nitriles is 1. The molecule has 0 saturated heterocycles. The summed E-state index contributed by atoms with van der Waals surface area (Å²) in [6.07, 6.45) is 2.00. The van der Waals surface area contributed by atoms with E-state index < -0.39 is 29.4 Å². The molecule has 12 nitrogen and oxygen atoms in total. The fraction of sp³-hybridized carbons (Fsp3) is 0.143. The fourth-order valence-corrected chi connectivity index (χ4v) is 2.41. The summed E-state index contributed by atoms with van der Waals surface area (Å²) < 4.78 is 49.2. The Labute approximate surface area is 250 Å². The number of nitrogens with zero attached hydrogens (tertiary/aromatic N) is 5. The molecule has 0 fully saturated rings. The van der Waals surface area contributed by atoms with E-state index in [1.807, 2.05) is 0 Å². The van der Waals surface area contributed by atoms with E-state index >= 15 is 0 Å². The number of ether oxygens (including phenoxy) is 2. The van der Waals surface area contributed by atoms with Gasteiger partial charge in [0.15, 0.2) is 17.2 Å². The van der Waals surface area contributed by atoms with Crippen LogP contribution in [-0.2, 0) is 9.47 Å². The van der Waals surface area contributed by atoms with Gasteiger partial charge in [0.25, 0.3) is 0 Å². The van der Waals surface area contributed by atoms with Crippen LogP contribution in [0.2, 0.25) is 0 Å². The van der Waals surface area contributed by atoms with Crippen LogP contribution in [0.3, 0.4) is 0 Å². The second kappa shape index (κ2) is 21.1. The summed E-state index contributed by atoms with van der Waals surface area (Å²) in [7, 11) is 6.73. The van der Waals surface area contributed by atoms with Crippen molar-refractivity contribution < 1.29 is 32.2 Å². The molecule has 0 aliphatic carbocycles. The number of methoxy groups -OCH3 is 2. The van der Waals surface area contributed by atoms with E-state index in [2.05, 4.69) is 81.0 Å². The number of carbonyl (C=O) groups excluding carboxylic acids is 2. The number of pyridine rings is 3. The zero-order valence-corrected chi connectivity index (χ0v) is 25.0. The summed E-state index contributed by atoms with van der Waals surface area (Å²) in [5.41, 5.74) is 16.0. The minimum absolute atomic E-state index is 0.0261. The van der Waals surface area contributed by atoms with E-state index in [-0.39, 0.29) is 27.4 Å². The summed E-state index contributed by atoms with van der Waals surface area (Å²) in [5.74, 6) is -2.99. The molecule has 19 heteroatoms. The predicted octanol–water partition coefficient (Wildman–Crippen LogP) is 4.22. The second-order valence-corrected chi connectivity index (χ2v) is 7.88. The summed E-state index contributed by atoms with van der Waals surface area (Å²) in [6, 6.07) is 4.97. The maximum atomic E-state index is 12.8. The number of halogens is 5. The van der Waals surface area contributed by atoms with Crippen molar-refractivity contribution in [2.45, 2.75) is 6.92 Å². The van der Waals surface area contributed by atoms with E-state index in [0.29, 0.717) is 10.3 Å². The Bertz CT molecular complexity index is 1340. The van der Waals surface area contributed by atoms with E-state index in [4.69, 9.17) is 22.5 Å². The van der Waals surface area contributed by atoms with Gasteiger partial charge in [-0.05, 0) is 31.9 Å². The van der Waals surface area contributed by atoms with Crippen LogP contribution in [0, 0.1) is 28.8 Å². The standard InChI is InChI=1S/C7H6BrFN2O2.C7H7FN2O2.C5H4BrFN2.C2H3N.BHNS/c1-13-7(12)5-4(10)2-3(9)6(8)11-5;1-12-7(11)6-5(9)2-4(8)3-10-6;6-5-4(8)1-3(7)2-9-5;2*1-2-3/h2H,10H2,1H3;2-3H,9H2,1H3;1-2H,8H2;1H3;3H. The Morgan fingerprint density at radius 2 is 1.32 bits per heavy atom. The first-order chi connectivity index (χ1) is 18.7. The first-order valence-electron chi connectivity index (χ1n) is 9.85. The Balaban J connectivity index is 0. The van der Waals surface area contributed by atoms with Gasteiger partial charge in [-0.1, -0.05) is 0 Å². The molecule has 0 saturated carbocycles. The van der Waals surface area contributed by atoms with Gasteiger partial charge in [-0.3, -0.25) is 0 Å². The van der Waals surface area contributed by atoms with Gasteiger partial charge in [-0.2, -0.15) is 5.26 Å². The summed E-state index contributed by atoms with van der Waals surface area (Å²) in [6.45, 7) is 1.43. The first-order valence-corrected chi connectivity index (χ1v) is 11.8. The van der Waals surface area contributed by atoms with Gasteiger partial charge in [0.05, 0.1) is 49.7 Å². The maximum absolute atomic E-state index is 12.8. The first kappa shape index (κ1) is 38.4. The van der Waals surface area contributed by atoms with Crippen molar-refractivity contribution in [2.24, 2.45) is 4.30 Å². The Kier molecular flexibility index (Phi) is 20.3. The Morgan fingerprint density at radius 3 is 1.73 bits per heavy atom. The van der Waals surface area contributed by atoms with Crippen LogP contribution >= 0.6 is 44.7 Å². The molecule has 0 atom stereocenters. The van der Waals surface area contributed by atoms with Crippen molar-refractivity contribution in [1.82, 2.24) is 15.0 Å². The summed E-state index contributed by atoms with van der Waals surface area (Å²) in [4.78, 5) is 32.5. The van der Waals surface area contributed by atoms with Crippen LogP contribution in [0.4, 0.5) is 30.2 Å². The monoisotopic (exact) mass is 707 g/mol. The van der Waals surface area contributed by atoms with Gasteiger partial charge >= 0.3 is 36.7 Å². The summed E-state index contributed by atoms with van der Waals surface area (Å²) >= 11 is 9.05. The van der Waals surface area contributed by atoms with Crippen molar-refractivity contribution in [1.29, 1.82) is 5.26 Å². The fourth-order valence-electron chi connectivity index (χ4n) is 1.90. The number of aromatic nitrogens is 3. The molecule has 3 aromatic heterocycles. The van der Waals surface area contributed by atoms with E-state index in [1.54, 1.807) is 6.07 Å². The van der Waals surface area contributed by atoms with E-state index in [1.165, 1.54) is 27.2 Å². The van der Waals surface area contributed by atoms with E-state index in [9.17, 15) is 22.8 Å². The molecule has 0 spiro atoms. The molecule has 3 aromatic rings. The SMILES string of the molecule is CC#N.COC(=O)c1nc(Br)c(F)cc1N.COC(=O)c1ncc(F)cc1N.Nc1cc(F)cnc1Br.[B]=NS. The van der Waals surface area contributed by atoms with Crippen LogP contribution < -0.4 is 17.2 Å².